The van der Waals surface area contributed by atoms with Gasteiger partial charge in [-0.05, 0) is 36.5 Å². The maximum absolute atomic E-state index is 12.9. The number of nitrogens with zero attached hydrogens (tertiary/aromatic N) is 5. The van der Waals surface area contributed by atoms with Crippen molar-refractivity contribution in [2.75, 3.05) is 13.1 Å². The van der Waals surface area contributed by atoms with Gasteiger partial charge in [0.15, 0.2) is 0 Å². The van der Waals surface area contributed by atoms with Crippen molar-refractivity contribution in [3.05, 3.63) is 71.9 Å². The number of benzene rings is 1. The van der Waals surface area contributed by atoms with Crippen LogP contribution in [0.2, 0.25) is 0 Å². The summed E-state index contributed by atoms with van der Waals surface area (Å²) in [5, 5.41) is 9.55. The van der Waals surface area contributed by atoms with E-state index in [2.05, 4.69) is 27.1 Å². The van der Waals surface area contributed by atoms with Crippen molar-refractivity contribution >= 4 is 17.4 Å². The molecule has 3 aromatic rings. The molecular formula is C24H21N5O2. The molecule has 1 aliphatic carbocycles. The minimum atomic E-state index is 0.00329. The Hall–Kier alpha value is -3.74. The van der Waals surface area contributed by atoms with E-state index in [0.717, 1.165) is 40.3 Å². The number of aliphatic imine (C=N–C) groups is 1. The summed E-state index contributed by atoms with van der Waals surface area (Å²) >= 11 is 0. The van der Waals surface area contributed by atoms with E-state index >= 15 is 0 Å². The topological polar surface area (TPSA) is 83.6 Å². The van der Waals surface area contributed by atoms with Crippen LogP contribution in [0.25, 0.3) is 16.8 Å². The number of imidazole rings is 1. The number of allylic oxidation sites excluding steroid dienone is 1. The average molecular weight is 411 g/mol. The molecule has 31 heavy (non-hydrogen) atoms. The van der Waals surface area contributed by atoms with Crippen LogP contribution in [0.1, 0.15) is 35.6 Å². The third kappa shape index (κ3) is 3.13. The first-order chi connectivity index (χ1) is 15.2. The van der Waals surface area contributed by atoms with Crippen molar-refractivity contribution < 1.29 is 9.90 Å². The smallest absolute Gasteiger partial charge is 0.248 e. The number of aromatic nitrogens is 3. The molecule has 0 saturated heterocycles. The predicted octanol–water partition coefficient (Wildman–Crippen LogP) is 3.21. The van der Waals surface area contributed by atoms with Gasteiger partial charge in [-0.1, -0.05) is 18.2 Å². The molecule has 0 unspecified atom stereocenters. The molecule has 2 aliphatic heterocycles. The monoisotopic (exact) mass is 411 g/mol. The summed E-state index contributed by atoms with van der Waals surface area (Å²) in [7, 11) is 0. The maximum Gasteiger partial charge on any atom is 0.248 e. The van der Waals surface area contributed by atoms with Gasteiger partial charge in [-0.15, -0.1) is 0 Å². The van der Waals surface area contributed by atoms with Crippen LogP contribution >= 0.6 is 0 Å². The van der Waals surface area contributed by atoms with Crippen molar-refractivity contribution in [2.45, 2.75) is 25.2 Å². The largest absolute Gasteiger partial charge is 0.493 e. The number of fused-ring (bicyclic) bond motifs is 3. The first kappa shape index (κ1) is 18.1. The van der Waals surface area contributed by atoms with Gasteiger partial charge in [-0.3, -0.25) is 14.4 Å². The molecule has 7 heteroatoms. The standard InChI is InChI=1S/C24H21N5O2/c30-23-7-6-16(11-26-23)17-2-1-3-19-18(17)8-9-29-21(19)10-22(25-12-24(29)31)28-13-20(27-14-28)15-4-5-15/h1-3,6-7,10-11,13-15H,4-5,8-9,12H2,(H,26,30). The number of pyridine rings is 1. The minimum absolute atomic E-state index is 0.00329. The number of amides is 1. The lowest BCUT2D eigenvalue weighted by molar-refractivity contribution is -0.126. The Labute approximate surface area is 179 Å². The second-order valence-corrected chi connectivity index (χ2v) is 8.22. The van der Waals surface area contributed by atoms with Crippen LogP contribution in [-0.2, 0) is 11.2 Å². The van der Waals surface area contributed by atoms with Gasteiger partial charge in [-0.2, -0.15) is 0 Å². The van der Waals surface area contributed by atoms with Crippen molar-refractivity contribution in [2.24, 2.45) is 4.99 Å². The molecule has 1 aromatic carbocycles. The van der Waals surface area contributed by atoms with Gasteiger partial charge in [0.1, 0.15) is 18.7 Å². The van der Waals surface area contributed by atoms with E-state index in [-0.39, 0.29) is 18.3 Å². The van der Waals surface area contributed by atoms with E-state index in [4.69, 9.17) is 0 Å². The Morgan fingerprint density at radius 3 is 2.74 bits per heavy atom. The molecule has 154 valence electrons. The van der Waals surface area contributed by atoms with Gasteiger partial charge in [0.05, 0.1) is 11.4 Å². The molecule has 1 fully saturated rings. The third-order valence-electron chi connectivity index (χ3n) is 6.19. The zero-order chi connectivity index (χ0) is 20.9. The molecular weight excluding hydrogens is 390 g/mol. The lowest BCUT2D eigenvalue weighted by atomic mass is 9.89. The first-order valence-corrected chi connectivity index (χ1v) is 10.6. The fourth-order valence-electron chi connectivity index (χ4n) is 4.43. The molecule has 0 bridgehead atoms. The zero-order valence-electron chi connectivity index (χ0n) is 16.9. The van der Waals surface area contributed by atoms with Crippen LogP contribution in [0.15, 0.2) is 60.1 Å². The molecule has 0 atom stereocenters. The van der Waals surface area contributed by atoms with E-state index in [1.165, 1.54) is 18.4 Å². The molecule has 0 spiro atoms. The van der Waals surface area contributed by atoms with Crippen molar-refractivity contribution in [1.82, 2.24) is 19.4 Å². The van der Waals surface area contributed by atoms with Crippen LogP contribution in [0.5, 0.6) is 5.88 Å². The lowest BCUT2D eigenvalue weighted by Crippen LogP contribution is -2.36. The quantitative estimate of drug-likeness (QED) is 0.702. The third-order valence-corrected chi connectivity index (χ3v) is 6.19. The molecule has 1 saturated carbocycles. The second-order valence-electron chi connectivity index (χ2n) is 8.22. The Morgan fingerprint density at radius 2 is 1.94 bits per heavy atom. The van der Waals surface area contributed by atoms with Gasteiger partial charge < -0.3 is 10.0 Å². The summed E-state index contributed by atoms with van der Waals surface area (Å²) in [5.74, 6) is 1.31. The van der Waals surface area contributed by atoms with Crippen molar-refractivity contribution in [1.29, 1.82) is 0 Å². The average Bonchev–Trinajstić information content (AvgIpc) is 3.56. The van der Waals surface area contributed by atoms with Gasteiger partial charge in [0, 0.05) is 48.1 Å². The highest BCUT2D eigenvalue weighted by molar-refractivity contribution is 6.06. The van der Waals surface area contributed by atoms with E-state index < -0.39 is 0 Å². The van der Waals surface area contributed by atoms with E-state index in [9.17, 15) is 9.90 Å². The molecule has 6 rings (SSSR count). The molecule has 1 N–H and O–H groups in total. The van der Waals surface area contributed by atoms with Crippen LogP contribution < -0.4 is 0 Å². The summed E-state index contributed by atoms with van der Waals surface area (Å²) in [6.45, 7) is 0.740. The highest BCUT2D eigenvalue weighted by atomic mass is 16.3. The lowest BCUT2D eigenvalue weighted by Gasteiger charge is -2.32. The van der Waals surface area contributed by atoms with Gasteiger partial charge >= 0.3 is 0 Å². The fraction of sp³-hybridized carbons (Fsp3) is 0.250. The number of hydrogen-bond acceptors (Lipinski definition) is 5. The number of aromatic hydroxyl groups is 1. The van der Waals surface area contributed by atoms with Crippen LogP contribution in [0.3, 0.4) is 0 Å². The van der Waals surface area contributed by atoms with Gasteiger partial charge in [0.2, 0.25) is 11.8 Å². The number of hydrogen-bond donors (Lipinski definition) is 1. The van der Waals surface area contributed by atoms with Gasteiger partial charge in [0.25, 0.3) is 0 Å². The highest BCUT2D eigenvalue weighted by Crippen LogP contribution is 2.39. The summed E-state index contributed by atoms with van der Waals surface area (Å²) in [6, 6.07) is 9.59. The number of carbonyl (C=O) groups excluding carboxylic acids is 1. The fourth-order valence-corrected chi connectivity index (χ4v) is 4.43. The summed E-state index contributed by atoms with van der Waals surface area (Å²) in [6.07, 6.45) is 10.7. The normalized spacial score (nSPS) is 18.1. The van der Waals surface area contributed by atoms with Crippen LogP contribution in [0, 0.1) is 0 Å². The Balaban J connectivity index is 1.45. The SMILES string of the molecule is O=C1CN=C(n2cnc(C3CC3)c2)C=C2c3cccc(-c4ccc(O)nc4)c3CCN12. The Morgan fingerprint density at radius 1 is 1.06 bits per heavy atom. The molecule has 2 aromatic heterocycles. The minimum Gasteiger partial charge on any atom is -0.493 e. The highest BCUT2D eigenvalue weighted by Gasteiger charge is 2.30. The van der Waals surface area contributed by atoms with E-state index in [1.807, 2.05) is 33.9 Å². The number of carbonyl (C=O) groups is 1. The predicted molar refractivity (Wildman–Crippen MR) is 117 cm³/mol. The Bertz CT molecular complexity index is 1250. The first-order valence-electron chi connectivity index (χ1n) is 10.6. The summed E-state index contributed by atoms with van der Waals surface area (Å²) in [4.78, 5) is 27.9. The molecule has 0 radical (unpaired) electrons. The summed E-state index contributed by atoms with van der Waals surface area (Å²) < 4.78 is 1.93. The van der Waals surface area contributed by atoms with E-state index in [1.54, 1.807) is 18.6 Å². The molecule has 3 aliphatic rings. The van der Waals surface area contributed by atoms with Crippen LogP contribution in [0.4, 0.5) is 0 Å². The van der Waals surface area contributed by atoms with Crippen LogP contribution in [-0.4, -0.2) is 49.4 Å². The van der Waals surface area contributed by atoms with E-state index in [0.29, 0.717) is 12.5 Å². The Kier molecular flexibility index (Phi) is 4.02. The van der Waals surface area contributed by atoms with Crippen molar-refractivity contribution in [3.63, 3.8) is 0 Å². The summed E-state index contributed by atoms with van der Waals surface area (Å²) in [5.41, 5.74) is 6.19. The van der Waals surface area contributed by atoms with Crippen molar-refractivity contribution in [3.8, 4) is 17.0 Å². The molecule has 7 nitrogen and oxygen atoms in total. The zero-order valence-corrected chi connectivity index (χ0v) is 16.9. The maximum atomic E-state index is 12.9. The van der Waals surface area contributed by atoms with Gasteiger partial charge in [-0.25, -0.2) is 9.97 Å². The molecule has 4 heterocycles. The second kappa shape index (κ2) is 6.91. The molecule has 1 amide bonds. The number of rotatable bonds is 2.